The number of anilines is 1. The number of aromatic nitrogens is 1. The number of likely N-dealkylation sites (tertiary alicyclic amines) is 2. The fourth-order valence-electron chi connectivity index (χ4n) is 6.18. The lowest BCUT2D eigenvalue weighted by atomic mass is 9.86. The number of nitrogens with one attached hydrogen (secondary N) is 1. The molecule has 7 heteroatoms. The van der Waals surface area contributed by atoms with E-state index in [2.05, 4.69) is 16.4 Å². The van der Waals surface area contributed by atoms with Gasteiger partial charge in [-0.3, -0.25) is 9.78 Å². The molecule has 1 aromatic carbocycles. The van der Waals surface area contributed by atoms with Crippen molar-refractivity contribution >= 4 is 17.6 Å². The lowest BCUT2D eigenvalue weighted by Gasteiger charge is -2.40. The average molecular weight is 461 g/mol. The molecule has 2 aliphatic carbocycles. The lowest BCUT2D eigenvalue weighted by molar-refractivity contribution is -0.141. The highest BCUT2D eigenvalue weighted by atomic mass is 16.5. The molecule has 4 fully saturated rings. The first-order valence-electron chi connectivity index (χ1n) is 12.6. The van der Waals surface area contributed by atoms with Crippen LogP contribution < -0.4 is 10.1 Å². The third-order valence-electron chi connectivity index (χ3n) is 8.26. The van der Waals surface area contributed by atoms with Crippen molar-refractivity contribution in [3.8, 4) is 5.75 Å². The van der Waals surface area contributed by atoms with Crippen molar-refractivity contribution < 1.29 is 14.3 Å². The fraction of sp³-hybridized carbons (Fsp3) is 0.519. The third-order valence-corrected chi connectivity index (χ3v) is 8.26. The van der Waals surface area contributed by atoms with Gasteiger partial charge in [-0.05, 0) is 72.9 Å². The summed E-state index contributed by atoms with van der Waals surface area (Å²) < 4.78 is 6.03. The van der Waals surface area contributed by atoms with Gasteiger partial charge in [0.15, 0.2) is 0 Å². The average Bonchev–Trinajstić information content (AvgIpc) is 3.40. The standard InChI is InChI=1S/C27H32N4O3/c32-26(12-21-11-18-3-4-19(21)10-18)30-16-25(17-30)34-24-7-5-23(6-8-24)29-27(33)31-14-22(15-31)20-2-1-9-28-13-20/h1-2,5-9,13,18-19,21-22,25H,3-4,10-12,14-17H2,(H,29,33)/t18-,19?,21?/m1/s1. The molecule has 1 aromatic heterocycles. The summed E-state index contributed by atoms with van der Waals surface area (Å²) in [5, 5.41) is 2.95. The number of nitrogens with zero attached hydrogens (tertiary/aromatic N) is 3. The minimum atomic E-state index is -0.0857. The number of amides is 3. The minimum Gasteiger partial charge on any atom is -0.487 e. The van der Waals surface area contributed by atoms with E-state index in [0.29, 0.717) is 43.9 Å². The van der Waals surface area contributed by atoms with E-state index in [1.807, 2.05) is 41.4 Å². The third kappa shape index (κ3) is 4.36. The van der Waals surface area contributed by atoms with E-state index in [1.165, 1.54) is 31.2 Å². The fourth-order valence-corrected chi connectivity index (χ4v) is 6.18. The molecular formula is C27H32N4O3. The van der Waals surface area contributed by atoms with Gasteiger partial charge in [0.2, 0.25) is 5.91 Å². The number of carbonyl (C=O) groups excluding carboxylic acids is 2. The van der Waals surface area contributed by atoms with Gasteiger partial charge in [0, 0.05) is 43.5 Å². The highest BCUT2D eigenvalue weighted by Gasteiger charge is 2.42. The smallest absolute Gasteiger partial charge is 0.321 e. The zero-order valence-electron chi connectivity index (χ0n) is 19.4. The van der Waals surface area contributed by atoms with Crippen LogP contribution in [-0.2, 0) is 4.79 Å². The van der Waals surface area contributed by atoms with Crippen molar-refractivity contribution in [3.05, 3.63) is 54.4 Å². The Balaban J connectivity index is 0.917. The largest absolute Gasteiger partial charge is 0.487 e. The highest BCUT2D eigenvalue weighted by molar-refractivity contribution is 5.90. The van der Waals surface area contributed by atoms with E-state index < -0.39 is 0 Å². The maximum atomic E-state index is 12.6. The Bertz CT molecular complexity index is 1030. The van der Waals surface area contributed by atoms with Crippen LogP contribution in [0.4, 0.5) is 10.5 Å². The van der Waals surface area contributed by atoms with Gasteiger partial charge in [-0.15, -0.1) is 0 Å². The Labute approximate surface area is 200 Å². The quantitative estimate of drug-likeness (QED) is 0.704. The molecule has 0 spiro atoms. The van der Waals surface area contributed by atoms with Crippen molar-refractivity contribution in [1.29, 1.82) is 0 Å². The molecule has 178 valence electrons. The maximum absolute atomic E-state index is 12.6. The number of pyridine rings is 1. The zero-order valence-corrected chi connectivity index (χ0v) is 19.4. The number of fused-ring (bicyclic) bond motifs is 2. The summed E-state index contributed by atoms with van der Waals surface area (Å²) in [4.78, 5) is 33.0. The van der Waals surface area contributed by atoms with Crippen molar-refractivity contribution in [3.63, 3.8) is 0 Å². The van der Waals surface area contributed by atoms with E-state index in [9.17, 15) is 9.59 Å². The van der Waals surface area contributed by atoms with E-state index in [-0.39, 0.29) is 12.1 Å². The Morgan fingerprint density at radius 2 is 1.82 bits per heavy atom. The molecule has 2 aliphatic heterocycles. The molecule has 0 radical (unpaired) electrons. The van der Waals surface area contributed by atoms with E-state index in [0.717, 1.165) is 29.7 Å². The van der Waals surface area contributed by atoms with Crippen LogP contribution in [0.2, 0.25) is 0 Å². The predicted molar refractivity (Wildman–Crippen MR) is 129 cm³/mol. The Morgan fingerprint density at radius 1 is 1.00 bits per heavy atom. The second-order valence-corrected chi connectivity index (χ2v) is 10.5. The first kappa shape index (κ1) is 21.4. The molecule has 2 unspecified atom stereocenters. The van der Waals surface area contributed by atoms with Crippen LogP contribution in [0.3, 0.4) is 0 Å². The molecule has 3 amide bonds. The van der Waals surface area contributed by atoms with Crippen LogP contribution in [0.15, 0.2) is 48.8 Å². The van der Waals surface area contributed by atoms with Crippen molar-refractivity contribution in [2.45, 2.75) is 44.1 Å². The topological polar surface area (TPSA) is 74.8 Å². The van der Waals surface area contributed by atoms with Gasteiger partial charge in [0.05, 0.1) is 13.1 Å². The highest BCUT2D eigenvalue weighted by Crippen LogP contribution is 2.49. The van der Waals surface area contributed by atoms with Crippen molar-refractivity contribution in [2.24, 2.45) is 17.8 Å². The van der Waals surface area contributed by atoms with Crippen LogP contribution in [0.25, 0.3) is 0 Å². The van der Waals surface area contributed by atoms with Crippen molar-refractivity contribution in [2.75, 3.05) is 31.5 Å². The molecule has 6 rings (SSSR count). The summed E-state index contributed by atoms with van der Waals surface area (Å²) in [5.41, 5.74) is 1.92. The number of carbonyl (C=O) groups is 2. The van der Waals surface area contributed by atoms with Gasteiger partial charge in [-0.25, -0.2) is 4.79 Å². The lowest BCUT2D eigenvalue weighted by Crippen LogP contribution is -2.56. The molecule has 2 bridgehead atoms. The number of benzene rings is 1. The van der Waals surface area contributed by atoms with Crippen LogP contribution in [0.5, 0.6) is 5.75 Å². The SMILES string of the molecule is O=C(CC1C[C@@H]2CCC1C2)N1CC(Oc2ccc(NC(=O)N3CC(c4cccnc4)C3)cc2)C1. The van der Waals surface area contributed by atoms with E-state index >= 15 is 0 Å². The van der Waals surface area contributed by atoms with Gasteiger partial charge in [0.25, 0.3) is 0 Å². The molecule has 2 saturated heterocycles. The monoisotopic (exact) mass is 460 g/mol. The molecule has 34 heavy (non-hydrogen) atoms. The molecule has 4 aliphatic rings. The summed E-state index contributed by atoms with van der Waals surface area (Å²) in [6.07, 6.45) is 9.73. The second kappa shape index (κ2) is 8.93. The van der Waals surface area contributed by atoms with Crippen molar-refractivity contribution in [1.82, 2.24) is 14.8 Å². The summed E-state index contributed by atoms with van der Waals surface area (Å²) in [5.74, 6) is 3.72. The van der Waals surface area contributed by atoms with Crippen LogP contribution in [-0.4, -0.2) is 59.0 Å². The first-order valence-corrected chi connectivity index (χ1v) is 12.6. The molecule has 2 saturated carbocycles. The molecule has 2 aromatic rings. The van der Waals surface area contributed by atoms with Crippen LogP contribution >= 0.6 is 0 Å². The van der Waals surface area contributed by atoms with Gasteiger partial charge >= 0.3 is 6.03 Å². The van der Waals surface area contributed by atoms with Gasteiger partial charge < -0.3 is 19.9 Å². The summed E-state index contributed by atoms with van der Waals surface area (Å²) in [7, 11) is 0. The summed E-state index contributed by atoms with van der Waals surface area (Å²) in [6.45, 7) is 2.76. The number of hydrogen-bond donors (Lipinski definition) is 1. The molecule has 1 N–H and O–H groups in total. The van der Waals surface area contributed by atoms with Crippen LogP contribution in [0.1, 0.15) is 43.6 Å². The van der Waals surface area contributed by atoms with Crippen LogP contribution in [0, 0.1) is 17.8 Å². The number of hydrogen-bond acceptors (Lipinski definition) is 4. The minimum absolute atomic E-state index is 0.0508. The molecule has 7 nitrogen and oxygen atoms in total. The van der Waals surface area contributed by atoms with Gasteiger partial charge in [0.1, 0.15) is 11.9 Å². The Morgan fingerprint density at radius 3 is 2.50 bits per heavy atom. The molecular weight excluding hydrogens is 428 g/mol. The molecule has 3 heterocycles. The van der Waals surface area contributed by atoms with E-state index in [4.69, 9.17) is 4.74 Å². The zero-order chi connectivity index (χ0) is 23.1. The summed E-state index contributed by atoms with van der Waals surface area (Å²) in [6, 6.07) is 11.4. The number of rotatable bonds is 6. The maximum Gasteiger partial charge on any atom is 0.321 e. The normalized spacial score (nSPS) is 26.2. The van der Waals surface area contributed by atoms with E-state index in [1.54, 1.807) is 11.1 Å². The first-order chi connectivity index (χ1) is 16.6. The summed E-state index contributed by atoms with van der Waals surface area (Å²) >= 11 is 0. The second-order valence-electron chi connectivity index (χ2n) is 10.5. The predicted octanol–water partition coefficient (Wildman–Crippen LogP) is 4.13. The Hall–Kier alpha value is -3.09. The number of urea groups is 1. The van der Waals surface area contributed by atoms with Gasteiger partial charge in [-0.2, -0.15) is 0 Å². The van der Waals surface area contributed by atoms with Gasteiger partial charge in [-0.1, -0.05) is 12.5 Å². The molecule has 3 atom stereocenters. The Kier molecular flexibility index (Phi) is 5.63. The number of ether oxygens (including phenoxy) is 1.